The van der Waals surface area contributed by atoms with E-state index in [1.54, 1.807) is 42.7 Å². The summed E-state index contributed by atoms with van der Waals surface area (Å²) >= 11 is 0. The lowest BCUT2D eigenvalue weighted by atomic mass is 9.76. The molecule has 0 fully saturated rings. The molecule has 2 heterocycles. The molecule has 9 nitrogen and oxygen atoms in total. The lowest BCUT2D eigenvalue weighted by Crippen LogP contribution is -2.36. The number of fused-ring (bicyclic) bond motifs is 3. The van der Waals surface area contributed by atoms with Crippen molar-refractivity contribution in [1.29, 1.82) is 0 Å². The lowest BCUT2D eigenvalue weighted by molar-refractivity contribution is 0.225. The molecule has 3 aliphatic rings. The Morgan fingerprint density at radius 2 is 1.24 bits per heavy atom. The van der Waals surface area contributed by atoms with Crippen molar-refractivity contribution in [1.82, 2.24) is 9.80 Å². The second kappa shape index (κ2) is 13.4. The van der Waals surface area contributed by atoms with Gasteiger partial charge in [-0.1, -0.05) is 12.1 Å². The van der Waals surface area contributed by atoms with Crippen molar-refractivity contribution in [2.24, 2.45) is 0 Å². The Balaban J connectivity index is 1.26. The normalized spacial score (nSPS) is 18.1. The molecular formula is C40H46N2O7. The predicted molar refractivity (Wildman–Crippen MR) is 190 cm³/mol. The first kappa shape index (κ1) is 32.9. The van der Waals surface area contributed by atoms with Crippen LogP contribution < -0.4 is 33.2 Å². The van der Waals surface area contributed by atoms with E-state index in [1.807, 2.05) is 12.1 Å². The van der Waals surface area contributed by atoms with E-state index >= 15 is 0 Å². The Labute approximate surface area is 289 Å². The zero-order valence-corrected chi connectivity index (χ0v) is 29.8. The van der Waals surface area contributed by atoms with Crippen LogP contribution in [0.4, 0.5) is 0 Å². The number of methoxy groups -OCH3 is 6. The highest BCUT2D eigenvalue weighted by Crippen LogP contribution is 2.57. The standard InChI is InChI=1S/C40H46N2O7/c1-41-15-13-24-18-32(43-3)33(44-4)21-27(24)30(41)17-23-9-11-26(12-10-23)49-38-29-20-31-36-25(14-16-42(31)2)19-34(45-5)39(47-7)37(36)28(29)22-35(46-6)40(38)48-8/h9-12,18-19,21-22,30-31H,13-17,20H2,1-8H3/t30-,31+/m1/s1. The van der Waals surface area contributed by atoms with Gasteiger partial charge in [-0.25, -0.2) is 0 Å². The molecule has 49 heavy (non-hydrogen) atoms. The number of ether oxygens (including phenoxy) is 7. The molecule has 2 aliphatic heterocycles. The Morgan fingerprint density at radius 1 is 0.633 bits per heavy atom. The highest BCUT2D eigenvalue weighted by molar-refractivity contribution is 5.87. The van der Waals surface area contributed by atoms with E-state index in [9.17, 15) is 0 Å². The first-order valence-electron chi connectivity index (χ1n) is 16.8. The van der Waals surface area contributed by atoms with Gasteiger partial charge in [-0.2, -0.15) is 0 Å². The smallest absolute Gasteiger partial charge is 0.204 e. The molecule has 7 rings (SSSR count). The summed E-state index contributed by atoms with van der Waals surface area (Å²) in [7, 11) is 14.5. The fourth-order valence-corrected chi connectivity index (χ4v) is 8.03. The highest BCUT2D eigenvalue weighted by Gasteiger charge is 2.39. The van der Waals surface area contributed by atoms with Crippen molar-refractivity contribution in [2.45, 2.75) is 37.8 Å². The molecular weight excluding hydrogens is 620 g/mol. The molecule has 0 bridgehead atoms. The number of nitrogens with zero attached hydrogens (tertiary/aromatic N) is 2. The zero-order chi connectivity index (χ0) is 34.4. The molecule has 0 saturated heterocycles. The van der Waals surface area contributed by atoms with Gasteiger partial charge in [0.05, 0.1) is 42.7 Å². The second-order valence-electron chi connectivity index (χ2n) is 13.1. The van der Waals surface area contributed by atoms with Crippen molar-refractivity contribution < 1.29 is 33.2 Å². The van der Waals surface area contributed by atoms with Crippen LogP contribution >= 0.6 is 0 Å². The van der Waals surface area contributed by atoms with Crippen LogP contribution in [0.25, 0.3) is 11.1 Å². The summed E-state index contributed by atoms with van der Waals surface area (Å²) in [5.41, 5.74) is 9.47. The second-order valence-corrected chi connectivity index (χ2v) is 13.1. The maximum Gasteiger partial charge on any atom is 0.204 e. The summed E-state index contributed by atoms with van der Waals surface area (Å²) in [5.74, 6) is 5.52. The quantitative estimate of drug-likeness (QED) is 0.177. The Kier molecular flexibility index (Phi) is 8.98. The Hall–Kier alpha value is -4.60. The first-order chi connectivity index (χ1) is 23.8. The van der Waals surface area contributed by atoms with Gasteiger partial charge in [0.2, 0.25) is 5.75 Å². The number of rotatable bonds is 10. The van der Waals surface area contributed by atoms with Crippen LogP contribution in [0.15, 0.2) is 48.5 Å². The maximum atomic E-state index is 6.80. The minimum absolute atomic E-state index is 0.155. The van der Waals surface area contributed by atoms with Gasteiger partial charge in [0.1, 0.15) is 5.75 Å². The first-order valence-corrected chi connectivity index (χ1v) is 16.8. The van der Waals surface area contributed by atoms with Gasteiger partial charge in [-0.15, -0.1) is 0 Å². The molecule has 4 aromatic rings. The molecule has 258 valence electrons. The fraction of sp³-hybridized carbons (Fsp3) is 0.400. The zero-order valence-electron chi connectivity index (χ0n) is 29.8. The molecule has 0 aromatic heterocycles. The Bertz CT molecular complexity index is 1870. The van der Waals surface area contributed by atoms with Crippen molar-refractivity contribution in [3.8, 4) is 57.1 Å². The van der Waals surface area contributed by atoms with Crippen molar-refractivity contribution in [3.05, 3.63) is 81.9 Å². The predicted octanol–water partition coefficient (Wildman–Crippen LogP) is 7.05. The molecule has 0 radical (unpaired) electrons. The van der Waals surface area contributed by atoms with Crippen molar-refractivity contribution in [2.75, 3.05) is 69.8 Å². The summed E-state index contributed by atoms with van der Waals surface area (Å²) < 4.78 is 41.8. The third-order valence-corrected chi connectivity index (χ3v) is 10.6. The van der Waals surface area contributed by atoms with Gasteiger partial charge in [0.15, 0.2) is 34.5 Å². The van der Waals surface area contributed by atoms with Gasteiger partial charge in [-0.3, -0.25) is 9.80 Å². The van der Waals surface area contributed by atoms with Crippen LogP contribution in [0.5, 0.6) is 46.0 Å². The number of hydrogen-bond donors (Lipinski definition) is 0. The molecule has 0 saturated carbocycles. The molecule has 0 N–H and O–H groups in total. The van der Waals surface area contributed by atoms with Crippen LogP contribution in [0.1, 0.15) is 45.5 Å². The molecule has 2 atom stereocenters. The topological polar surface area (TPSA) is 71.1 Å². The van der Waals surface area contributed by atoms with Gasteiger partial charge < -0.3 is 33.2 Å². The molecule has 9 heteroatoms. The Morgan fingerprint density at radius 3 is 1.92 bits per heavy atom. The summed E-state index contributed by atoms with van der Waals surface area (Å²) in [4.78, 5) is 4.84. The molecule has 4 aromatic carbocycles. The van der Waals surface area contributed by atoms with E-state index in [-0.39, 0.29) is 12.1 Å². The highest BCUT2D eigenvalue weighted by atomic mass is 16.5. The van der Waals surface area contributed by atoms with Crippen molar-refractivity contribution in [3.63, 3.8) is 0 Å². The molecule has 1 aliphatic carbocycles. The molecule has 0 spiro atoms. The number of likely N-dealkylation sites (N-methyl/N-ethyl adjacent to an activating group) is 2. The van der Waals surface area contributed by atoms with E-state index in [4.69, 9.17) is 33.2 Å². The minimum Gasteiger partial charge on any atom is -0.493 e. The van der Waals surface area contributed by atoms with Gasteiger partial charge >= 0.3 is 0 Å². The van der Waals surface area contributed by atoms with Crippen LogP contribution in [0.2, 0.25) is 0 Å². The average molecular weight is 667 g/mol. The maximum absolute atomic E-state index is 6.80. The minimum atomic E-state index is 0.155. The molecule has 0 amide bonds. The third kappa shape index (κ3) is 5.59. The summed E-state index contributed by atoms with van der Waals surface area (Å²) in [6, 6.07) is 17.2. The SMILES string of the molecule is COc1cc2c(cc1OC)[C@@H](Cc1ccc(Oc3c4c(cc(OC)c3OC)-c3c(OC)c(OC)cc5c3[C@H](C4)N(C)CC5)cc1)N(C)CC2. The van der Waals surface area contributed by atoms with E-state index in [2.05, 4.69) is 60.3 Å². The summed E-state index contributed by atoms with van der Waals surface area (Å²) in [6.45, 7) is 1.93. The fourth-order valence-electron chi connectivity index (χ4n) is 8.03. The average Bonchev–Trinajstić information content (AvgIpc) is 3.13. The van der Waals surface area contributed by atoms with E-state index in [1.165, 1.54) is 27.8 Å². The van der Waals surface area contributed by atoms with Gasteiger partial charge in [-0.05, 0) is 110 Å². The molecule has 0 unspecified atom stereocenters. The summed E-state index contributed by atoms with van der Waals surface area (Å²) in [5, 5.41) is 0. The lowest BCUT2D eigenvalue weighted by Gasteiger charge is -2.41. The largest absolute Gasteiger partial charge is 0.493 e. The van der Waals surface area contributed by atoms with Crippen molar-refractivity contribution >= 4 is 0 Å². The van der Waals surface area contributed by atoms with E-state index in [0.717, 1.165) is 84.2 Å². The number of hydrogen-bond acceptors (Lipinski definition) is 9. The van der Waals surface area contributed by atoms with Crippen LogP contribution in [-0.2, 0) is 25.7 Å². The van der Waals surface area contributed by atoms with Crippen LogP contribution in [-0.4, -0.2) is 79.6 Å². The van der Waals surface area contributed by atoms with Crippen LogP contribution in [0, 0.1) is 0 Å². The summed E-state index contributed by atoms with van der Waals surface area (Å²) in [6.07, 6.45) is 3.53. The monoisotopic (exact) mass is 666 g/mol. The van der Waals surface area contributed by atoms with Gasteiger partial charge in [0, 0.05) is 36.3 Å². The third-order valence-electron chi connectivity index (χ3n) is 10.6. The van der Waals surface area contributed by atoms with Gasteiger partial charge in [0.25, 0.3) is 0 Å². The number of benzene rings is 4. The van der Waals surface area contributed by atoms with E-state index in [0.29, 0.717) is 17.2 Å². The van der Waals surface area contributed by atoms with E-state index < -0.39 is 0 Å². The van der Waals surface area contributed by atoms with Crippen LogP contribution in [0.3, 0.4) is 0 Å².